The summed E-state index contributed by atoms with van der Waals surface area (Å²) >= 11 is 5.72. The average Bonchev–Trinajstić information content (AvgIpc) is 2.45. The number of hydrogen-bond donors (Lipinski definition) is 2. The average molecular weight is 226 g/mol. The van der Waals surface area contributed by atoms with Gasteiger partial charge in [0, 0.05) is 24.7 Å². The summed E-state index contributed by atoms with van der Waals surface area (Å²) in [5, 5.41) is 19.0. The molecular weight excluding hydrogens is 218 g/mol. The standard InChI is InChI=1S/C10H8ClNO3/c1-12-4-6(10(14)15)5-2-7(11)9(13)3-8(5)12/h2-4,13H,1H3,(H,14,15). The molecule has 2 N–H and O–H groups in total. The molecule has 0 unspecified atom stereocenters. The minimum absolute atomic E-state index is 0.0534. The van der Waals surface area contributed by atoms with Crippen LogP contribution in [0, 0.1) is 0 Å². The van der Waals surface area contributed by atoms with E-state index in [1.54, 1.807) is 11.6 Å². The summed E-state index contributed by atoms with van der Waals surface area (Å²) in [6, 6.07) is 2.90. The molecule has 0 spiro atoms. The predicted molar refractivity (Wildman–Crippen MR) is 56.6 cm³/mol. The van der Waals surface area contributed by atoms with Crippen molar-refractivity contribution in [3.8, 4) is 5.75 Å². The van der Waals surface area contributed by atoms with Gasteiger partial charge in [-0.15, -0.1) is 0 Å². The fourth-order valence-electron chi connectivity index (χ4n) is 1.56. The van der Waals surface area contributed by atoms with Gasteiger partial charge in [0.25, 0.3) is 0 Å². The zero-order valence-corrected chi connectivity index (χ0v) is 8.62. The van der Waals surface area contributed by atoms with Crippen molar-refractivity contribution in [1.82, 2.24) is 4.57 Å². The Morgan fingerprint density at radius 3 is 2.73 bits per heavy atom. The molecule has 4 nitrogen and oxygen atoms in total. The predicted octanol–water partition coefficient (Wildman–Crippen LogP) is 2.24. The second kappa shape index (κ2) is 3.17. The number of benzene rings is 1. The van der Waals surface area contributed by atoms with Crippen LogP contribution in [0.5, 0.6) is 5.75 Å². The molecule has 0 amide bonds. The van der Waals surface area contributed by atoms with E-state index < -0.39 is 5.97 Å². The van der Waals surface area contributed by atoms with Gasteiger partial charge in [-0.3, -0.25) is 0 Å². The van der Waals surface area contributed by atoms with Crippen LogP contribution in [-0.4, -0.2) is 20.7 Å². The van der Waals surface area contributed by atoms with Crippen molar-refractivity contribution in [1.29, 1.82) is 0 Å². The number of aromatic nitrogens is 1. The topological polar surface area (TPSA) is 62.5 Å². The third-order valence-corrected chi connectivity index (χ3v) is 2.59. The van der Waals surface area contributed by atoms with Crippen molar-refractivity contribution in [2.75, 3.05) is 0 Å². The molecule has 2 rings (SSSR count). The normalized spacial score (nSPS) is 10.8. The highest BCUT2D eigenvalue weighted by molar-refractivity contribution is 6.33. The maximum absolute atomic E-state index is 10.9. The van der Waals surface area contributed by atoms with Gasteiger partial charge in [-0.05, 0) is 6.07 Å². The van der Waals surface area contributed by atoms with Crippen LogP contribution in [0.25, 0.3) is 10.9 Å². The molecule has 1 aromatic heterocycles. The molecule has 0 aliphatic rings. The van der Waals surface area contributed by atoms with E-state index >= 15 is 0 Å². The lowest BCUT2D eigenvalue weighted by Crippen LogP contribution is -1.93. The molecule has 0 saturated heterocycles. The summed E-state index contributed by atoms with van der Waals surface area (Å²) in [6.45, 7) is 0. The van der Waals surface area contributed by atoms with E-state index in [0.717, 1.165) is 0 Å². The number of hydrogen-bond acceptors (Lipinski definition) is 2. The Labute approximate surface area is 90.3 Å². The van der Waals surface area contributed by atoms with E-state index in [1.807, 2.05) is 0 Å². The summed E-state index contributed by atoms with van der Waals surface area (Å²) in [5.74, 6) is -1.07. The van der Waals surface area contributed by atoms with Gasteiger partial charge in [-0.1, -0.05) is 11.6 Å². The molecule has 0 saturated carbocycles. The second-order valence-corrected chi connectivity index (χ2v) is 3.69. The fraction of sp³-hybridized carbons (Fsp3) is 0.100. The maximum atomic E-state index is 10.9. The minimum atomic E-state index is -1.01. The number of carboxylic acid groups (broad SMARTS) is 1. The number of aryl methyl sites for hydroxylation is 1. The fourth-order valence-corrected chi connectivity index (χ4v) is 1.73. The first-order valence-corrected chi connectivity index (χ1v) is 4.59. The number of aromatic carboxylic acids is 1. The highest BCUT2D eigenvalue weighted by Crippen LogP contribution is 2.31. The Hall–Kier alpha value is -1.68. The Morgan fingerprint density at radius 1 is 1.47 bits per heavy atom. The Kier molecular flexibility index (Phi) is 2.08. The van der Waals surface area contributed by atoms with Crippen LogP contribution in [0.2, 0.25) is 5.02 Å². The van der Waals surface area contributed by atoms with Gasteiger partial charge in [0.1, 0.15) is 5.75 Å². The lowest BCUT2D eigenvalue weighted by Gasteiger charge is -1.99. The Balaban J connectivity index is 2.88. The monoisotopic (exact) mass is 225 g/mol. The highest BCUT2D eigenvalue weighted by atomic mass is 35.5. The van der Waals surface area contributed by atoms with E-state index in [2.05, 4.69) is 0 Å². The molecule has 5 heteroatoms. The van der Waals surface area contributed by atoms with Crippen molar-refractivity contribution in [2.45, 2.75) is 0 Å². The number of phenols is 1. The maximum Gasteiger partial charge on any atom is 0.337 e. The third-order valence-electron chi connectivity index (χ3n) is 2.29. The number of nitrogens with zero attached hydrogens (tertiary/aromatic N) is 1. The second-order valence-electron chi connectivity index (χ2n) is 3.28. The number of aromatic hydroxyl groups is 1. The van der Waals surface area contributed by atoms with Gasteiger partial charge in [-0.2, -0.15) is 0 Å². The van der Waals surface area contributed by atoms with Gasteiger partial charge in [-0.25, -0.2) is 4.79 Å². The molecule has 0 radical (unpaired) electrons. The van der Waals surface area contributed by atoms with Crippen molar-refractivity contribution in [3.63, 3.8) is 0 Å². The molecule has 0 aliphatic heterocycles. The summed E-state index contributed by atoms with van der Waals surface area (Å²) in [4.78, 5) is 10.9. The number of fused-ring (bicyclic) bond motifs is 1. The largest absolute Gasteiger partial charge is 0.506 e. The molecule has 0 aliphatic carbocycles. The number of phenolic OH excluding ortho intramolecular Hbond substituents is 1. The first-order chi connectivity index (χ1) is 7.00. The van der Waals surface area contributed by atoms with E-state index in [-0.39, 0.29) is 16.3 Å². The molecule has 0 bridgehead atoms. The van der Waals surface area contributed by atoms with Crippen LogP contribution in [0.4, 0.5) is 0 Å². The third kappa shape index (κ3) is 1.43. The van der Waals surface area contributed by atoms with Crippen LogP contribution in [0.15, 0.2) is 18.3 Å². The van der Waals surface area contributed by atoms with Crippen LogP contribution in [0.3, 0.4) is 0 Å². The first kappa shape index (κ1) is 9.86. The van der Waals surface area contributed by atoms with Crippen molar-refractivity contribution in [2.24, 2.45) is 7.05 Å². The van der Waals surface area contributed by atoms with Crippen LogP contribution >= 0.6 is 11.6 Å². The zero-order valence-electron chi connectivity index (χ0n) is 7.86. The minimum Gasteiger partial charge on any atom is -0.506 e. The van der Waals surface area contributed by atoms with E-state index in [1.165, 1.54) is 18.3 Å². The van der Waals surface area contributed by atoms with Crippen molar-refractivity contribution < 1.29 is 15.0 Å². The SMILES string of the molecule is Cn1cc(C(=O)O)c2cc(Cl)c(O)cc21. The van der Waals surface area contributed by atoms with Crippen LogP contribution in [-0.2, 0) is 7.05 Å². The van der Waals surface area contributed by atoms with Crippen molar-refractivity contribution in [3.05, 3.63) is 28.9 Å². The number of carbonyl (C=O) groups is 1. The molecule has 1 aromatic carbocycles. The summed E-state index contributed by atoms with van der Waals surface area (Å²) in [7, 11) is 1.71. The first-order valence-electron chi connectivity index (χ1n) is 4.21. The van der Waals surface area contributed by atoms with E-state index in [9.17, 15) is 9.90 Å². The van der Waals surface area contributed by atoms with Gasteiger partial charge < -0.3 is 14.8 Å². The van der Waals surface area contributed by atoms with Crippen molar-refractivity contribution >= 4 is 28.5 Å². The van der Waals surface area contributed by atoms with Gasteiger partial charge in [0.05, 0.1) is 16.1 Å². The summed E-state index contributed by atoms with van der Waals surface area (Å²) in [5.41, 5.74) is 0.809. The lowest BCUT2D eigenvalue weighted by atomic mass is 10.2. The highest BCUT2D eigenvalue weighted by Gasteiger charge is 2.14. The van der Waals surface area contributed by atoms with E-state index in [4.69, 9.17) is 16.7 Å². The molecule has 1 heterocycles. The Morgan fingerprint density at radius 2 is 2.13 bits per heavy atom. The zero-order chi connectivity index (χ0) is 11.2. The van der Waals surface area contributed by atoms with Gasteiger partial charge in [0.15, 0.2) is 0 Å². The van der Waals surface area contributed by atoms with Gasteiger partial charge >= 0.3 is 5.97 Å². The number of carboxylic acids is 1. The Bertz CT molecular complexity index is 559. The molecule has 15 heavy (non-hydrogen) atoms. The molecule has 2 aromatic rings. The van der Waals surface area contributed by atoms with Gasteiger partial charge in [0.2, 0.25) is 0 Å². The van der Waals surface area contributed by atoms with Crippen LogP contribution in [0.1, 0.15) is 10.4 Å². The molecule has 0 fully saturated rings. The van der Waals surface area contributed by atoms with E-state index in [0.29, 0.717) is 10.9 Å². The molecular formula is C10H8ClNO3. The number of halogens is 1. The smallest absolute Gasteiger partial charge is 0.337 e. The lowest BCUT2D eigenvalue weighted by molar-refractivity contribution is 0.0699. The van der Waals surface area contributed by atoms with Crippen LogP contribution < -0.4 is 0 Å². The molecule has 0 atom stereocenters. The quantitative estimate of drug-likeness (QED) is 0.782. The summed E-state index contributed by atoms with van der Waals surface area (Å²) < 4.78 is 1.63. The number of rotatable bonds is 1. The summed E-state index contributed by atoms with van der Waals surface area (Å²) in [6.07, 6.45) is 1.49. The molecule has 78 valence electrons.